The predicted molar refractivity (Wildman–Crippen MR) is 90.6 cm³/mol. The van der Waals surface area contributed by atoms with E-state index in [1.54, 1.807) is 18.2 Å². The van der Waals surface area contributed by atoms with E-state index < -0.39 is 0 Å². The van der Waals surface area contributed by atoms with Crippen LogP contribution in [-0.2, 0) is 0 Å². The minimum absolute atomic E-state index is 0.376. The van der Waals surface area contributed by atoms with Gasteiger partial charge in [-0.2, -0.15) is 0 Å². The van der Waals surface area contributed by atoms with Crippen LogP contribution in [0.5, 0.6) is 5.75 Å². The lowest BCUT2D eigenvalue weighted by Gasteiger charge is -2.08. The molecule has 0 radical (unpaired) electrons. The van der Waals surface area contributed by atoms with Crippen LogP contribution in [0.2, 0.25) is 0 Å². The Hall–Kier alpha value is -3.20. The van der Waals surface area contributed by atoms with Crippen LogP contribution in [-0.4, -0.2) is 11.0 Å². The van der Waals surface area contributed by atoms with Gasteiger partial charge in [0.05, 0.1) is 16.6 Å². The van der Waals surface area contributed by atoms with Gasteiger partial charge in [0.1, 0.15) is 5.75 Å². The number of fused-ring (bicyclic) bond motifs is 2. The first-order chi connectivity index (χ1) is 11.3. The molecule has 0 amide bonds. The number of aromatic nitrogens is 1. The highest BCUT2D eigenvalue weighted by molar-refractivity contribution is 6.07. The third-order valence-corrected chi connectivity index (χ3v) is 3.73. The highest BCUT2D eigenvalue weighted by Crippen LogP contribution is 2.24. The van der Waals surface area contributed by atoms with Crippen molar-refractivity contribution in [2.75, 3.05) is 0 Å². The fourth-order valence-electron chi connectivity index (χ4n) is 2.63. The molecule has 0 N–H and O–H groups in total. The van der Waals surface area contributed by atoms with Crippen LogP contribution in [0.4, 0.5) is 0 Å². The quantitative estimate of drug-likeness (QED) is 0.308. The Morgan fingerprint density at radius 2 is 1.52 bits per heavy atom. The van der Waals surface area contributed by atoms with Crippen molar-refractivity contribution < 1.29 is 9.53 Å². The summed E-state index contributed by atoms with van der Waals surface area (Å²) in [5.41, 5.74) is 2.21. The SMILES string of the molecule is O=C(Oc1ccccc1)c1cccc2nc3ccccc3cc12. The summed E-state index contributed by atoms with van der Waals surface area (Å²) in [7, 11) is 0. The van der Waals surface area contributed by atoms with E-state index in [1.165, 1.54) is 0 Å². The van der Waals surface area contributed by atoms with E-state index in [-0.39, 0.29) is 5.97 Å². The van der Waals surface area contributed by atoms with E-state index >= 15 is 0 Å². The molecule has 0 bridgehead atoms. The van der Waals surface area contributed by atoms with Crippen molar-refractivity contribution in [2.45, 2.75) is 0 Å². The van der Waals surface area contributed by atoms with Crippen LogP contribution >= 0.6 is 0 Å². The van der Waals surface area contributed by atoms with E-state index in [0.29, 0.717) is 11.3 Å². The third-order valence-electron chi connectivity index (χ3n) is 3.73. The molecule has 4 aromatic rings. The number of hydrogen-bond donors (Lipinski definition) is 0. The van der Waals surface area contributed by atoms with Crippen molar-refractivity contribution in [3.8, 4) is 5.75 Å². The summed E-state index contributed by atoms with van der Waals surface area (Å²) < 4.78 is 5.45. The van der Waals surface area contributed by atoms with Gasteiger partial charge in [0.2, 0.25) is 0 Å². The fourth-order valence-corrected chi connectivity index (χ4v) is 2.63. The average Bonchev–Trinajstić information content (AvgIpc) is 2.60. The molecule has 3 aromatic carbocycles. The maximum absolute atomic E-state index is 12.5. The molecule has 0 spiro atoms. The zero-order valence-electron chi connectivity index (χ0n) is 12.3. The number of pyridine rings is 1. The molecule has 0 aliphatic rings. The van der Waals surface area contributed by atoms with Gasteiger partial charge in [0.15, 0.2) is 0 Å². The first-order valence-corrected chi connectivity index (χ1v) is 7.37. The molecule has 1 aromatic heterocycles. The monoisotopic (exact) mass is 299 g/mol. The number of ether oxygens (including phenoxy) is 1. The number of carbonyl (C=O) groups excluding carboxylic acids is 1. The van der Waals surface area contributed by atoms with Gasteiger partial charge in [0, 0.05) is 10.8 Å². The fraction of sp³-hybridized carbons (Fsp3) is 0. The number of rotatable bonds is 2. The summed E-state index contributed by atoms with van der Waals surface area (Å²) in [6.45, 7) is 0. The maximum Gasteiger partial charge on any atom is 0.344 e. The molecular weight excluding hydrogens is 286 g/mol. The first-order valence-electron chi connectivity index (χ1n) is 7.37. The predicted octanol–water partition coefficient (Wildman–Crippen LogP) is 4.61. The molecule has 3 heteroatoms. The second-order valence-electron chi connectivity index (χ2n) is 5.26. The molecule has 0 unspecified atom stereocenters. The summed E-state index contributed by atoms with van der Waals surface area (Å²) in [4.78, 5) is 17.1. The van der Waals surface area contributed by atoms with Crippen molar-refractivity contribution in [3.63, 3.8) is 0 Å². The van der Waals surface area contributed by atoms with Gasteiger partial charge < -0.3 is 4.74 Å². The zero-order chi connectivity index (χ0) is 15.6. The van der Waals surface area contributed by atoms with Gasteiger partial charge >= 0.3 is 5.97 Å². The smallest absolute Gasteiger partial charge is 0.344 e. The number of para-hydroxylation sites is 2. The molecule has 3 nitrogen and oxygen atoms in total. The Bertz CT molecular complexity index is 1010. The third kappa shape index (κ3) is 2.53. The number of nitrogens with zero attached hydrogens (tertiary/aromatic N) is 1. The Kier molecular flexibility index (Phi) is 3.24. The van der Waals surface area contributed by atoms with Gasteiger partial charge in [0.25, 0.3) is 0 Å². The summed E-state index contributed by atoms with van der Waals surface area (Å²) in [6.07, 6.45) is 0. The van der Waals surface area contributed by atoms with E-state index in [1.807, 2.05) is 60.7 Å². The Balaban J connectivity index is 1.83. The lowest BCUT2D eigenvalue weighted by Crippen LogP contribution is -2.09. The molecule has 1 heterocycles. The molecule has 0 saturated carbocycles. The van der Waals surface area contributed by atoms with Crippen molar-refractivity contribution >= 4 is 27.8 Å². The summed E-state index contributed by atoms with van der Waals surface area (Å²) in [5, 5.41) is 1.80. The van der Waals surface area contributed by atoms with Crippen LogP contribution in [0.1, 0.15) is 10.4 Å². The maximum atomic E-state index is 12.5. The van der Waals surface area contributed by atoms with E-state index in [9.17, 15) is 4.79 Å². The van der Waals surface area contributed by atoms with Gasteiger partial charge in [-0.05, 0) is 36.4 Å². The van der Waals surface area contributed by atoms with Gasteiger partial charge in [-0.15, -0.1) is 0 Å². The Morgan fingerprint density at radius 3 is 2.39 bits per heavy atom. The van der Waals surface area contributed by atoms with E-state index in [4.69, 9.17) is 4.74 Å². The number of esters is 1. The normalized spacial score (nSPS) is 10.8. The summed E-state index contributed by atoms with van der Waals surface area (Å²) in [5.74, 6) is 0.155. The van der Waals surface area contributed by atoms with Gasteiger partial charge in [-0.3, -0.25) is 0 Å². The summed E-state index contributed by atoms with van der Waals surface area (Å²) in [6, 6.07) is 24.4. The van der Waals surface area contributed by atoms with Gasteiger partial charge in [-0.1, -0.05) is 42.5 Å². The number of carbonyl (C=O) groups is 1. The molecule has 23 heavy (non-hydrogen) atoms. The summed E-state index contributed by atoms with van der Waals surface area (Å²) >= 11 is 0. The molecule has 110 valence electrons. The van der Waals surface area contributed by atoms with E-state index in [2.05, 4.69) is 4.98 Å². The highest BCUT2D eigenvalue weighted by atomic mass is 16.5. The zero-order valence-corrected chi connectivity index (χ0v) is 12.3. The number of hydrogen-bond acceptors (Lipinski definition) is 3. The lowest BCUT2D eigenvalue weighted by molar-refractivity contribution is 0.0737. The topological polar surface area (TPSA) is 39.2 Å². The van der Waals surface area contributed by atoms with Crippen LogP contribution < -0.4 is 4.74 Å². The Labute approximate surface area is 133 Å². The van der Waals surface area contributed by atoms with Crippen molar-refractivity contribution in [1.82, 2.24) is 4.98 Å². The van der Waals surface area contributed by atoms with Crippen LogP contribution in [0.25, 0.3) is 21.8 Å². The van der Waals surface area contributed by atoms with Crippen molar-refractivity contribution in [3.05, 3.63) is 84.4 Å². The molecule has 0 fully saturated rings. The molecule has 0 saturated heterocycles. The molecule has 0 aliphatic heterocycles. The second kappa shape index (κ2) is 5.54. The van der Waals surface area contributed by atoms with Crippen LogP contribution in [0.3, 0.4) is 0 Å². The highest BCUT2D eigenvalue weighted by Gasteiger charge is 2.13. The van der Waals surface area contributed by atoms with Crippen LogP contribution in [0.15, 0.2) is 78.9 Å². The molecule has 0 atom stereocenters. The minimum atomic E-state index is -0.376. The van der Waals surface area contributed by atoms with Crippen LogP contribution in [0, 0.1) is 0 Å². The molecule has 4 rings (SSSR count). The van der Waals surface area contributed by atoms with Crippen molar-refractivity contribution in [1.29, 1.82) is 0 Å². The Morgan fingerprint density at radius 1 is 0.783 bits per heavy atom. The lowest BCUT2D eigenvalue weighted by atomic mass is 10.1. The largest absolute Gasteiger partial charge is 0.423 e. The number of benzene rings is 3. The standard InChI is InChI=1S/C20H13NO2/c22-20(23-15-8-2-1-3-9-15)16-10-6-12-19-17(16)13-14-7-4-5-11-18(14)21-19/h1-13H. The van der Waals surface area contributed by atoms with Gasteiger partial charge in [-0.25, -0.2) is 9.78 Å². The first kappa shape index (κ1) is 13.5. The molecular formula is C20H13NO2. The molecule has 0 aliphatic carbocycles. The van der Waals surface area contributed by atoms with Crippen molar-refractivity contribution in [2.24, 2.45) is 0 Å². The average molecular weight is 299 g/mol. The minimum Gasteiger partial charge on any atom is -0.423 e. The van der Waals surface area contributed by atoms with E-state index in [0.717, 1.165) is 21.8 Å². The second-order valence-corrected chi connectivity index (χ2v) is 5.26.